The van der Waals surface area contributed by atoms with Gasteiger partial charge in [0.1, 0.15) is 0 Å². The first-order chi connectivity index (χ1) is 9.51. The monoisotopic (exact) mass is 277 g/mol. The second-order valence-corrected chi connectivity index (χ2v) is 4.14. The fourth-order valence-electron chi connectivity index (χ4n) is 1.62. The van der Waals surface area contributed by atoms with Crippen LogP contribution in [0.4, 0.5) is 10.1 Å². The summed E-state index contributed by atoms with van der Waals surface area (Å²) in [7, 11) is 0. The highest BCUT2D eigenvalue weighted by molar-refractivity contribution is 5.46. The average Bonchev–Trinajstić information content (AvgIpc) is 2.43. The van der Waals surface area contributed by atoms with Crippen molar-refractivity contribution in [3.63, 3.8) is 0 Å². The van der Waals surface area contributed by atoms with Crippen LogP contribution in [-0.4, -0.2) is 9.91 Å². The number of nitrogens with two attached hydrogens (primary N) is 1. The third-order valence-corrected chi connectivity index (χ3v) is 2.69. The van der Waals surface area contributed by atoms with Crippen molar-refractivity contribution in [1.82, 2.24) is 4.98 Å². The Hall–Kier alpha value is -2.54. The van der Waals surface area contributed by atoms with Gasteiger partial charge in [-0.25, -0.2) is 9.37 Å². The van der Waals surface area contributed by atoms with E-state index in [9.17, 15) is 14.5 Å². The number of rotatable bonds is 4. The Bertz CT molecular complexity index is 644. The van der Waals surface area contributed by atoms with E-state index in [1.807, 2.05) is 0 Å². The van der Waals surface area contributed by atoms with Crippen LogP contribution >= 0.6 is 0 Å². The lowest BCUT2D eigenvalue weighted by molar-refractivity contribution is -0.385. The Morgan fingerprint density at radius 1 is 1.45 bits per heavy atom. The topological polar surface area (TPSA) is 91.3 Å². The molecule has 104 valence electrons. The smallest absolute Gasteiger partial charge is 0.275 e. The van der Waals surface area contributed by atoms with Gasteiger partial charge in [0, 0.05) is 24.4 Å². The number of hydrogen-bond acceptors (Lipinski definition) is 5. The Morgan fingerprint density at radius 2 is 2.20 bits per heavy atom. The van der Waals surface area contributed by atoms with Crippen molar-refractivity contribution in [2.45, 2.75) is 13.5 Å². The van der Waals surface area contributed by atoms with Gasteiger partial charge in [-0.15, -0.1) is 0 Å². The van der Waals surface area contributed by atoms with Crippen molar-refractivity contribution in [1.29, 1.82) is 0 Å². The fourth-order valence-corrected chi connectivity index (χ4v) is 1.62. The molecule has 1 aromatic carbocycles. The van der Waals surface area contributed by atoms with E-state index in [2.05, 4.69) is 4.98 Å². The molecular weight excluding hydrogens is 265 g/mol. The quantitative estimate of drug-likeness (QED) is 0.685. The maximum atomic E-state index is 13.7. The van der Waals surface area contributed by atoms with Gasteiger partial charge in [0.25, 0.3) is 5.69 Å². The summed E-state index contributed by atoms with van der Waals surface area (Å²) in [6.45, 7) is 1.85. The van der Waals surface area contributed by atoms with Crippen molar-refractivity contribution in [2.75, 3.05) is 0 Å². The summed E-state index contributed by atoms with van der Waals surface area (Å²) in [5.74, 6) is -0.734. The van der Waals surface area contributed by atoms with Gasteiger partial charge in [-0.1, -0.05) is 6.07 Å². The van der Waals surface area contributed by atoms with Crippen LogP contribution in [-0.2, 0) is 6.54 Å². The van der Waals surface area contributed by atoms with Crippen LogP contribution < -0.4 is 10.5 Å². The highest BCUT2D eigenvalue weighted by atomic mass is 19.1. The molecule has 0 unspecified atom stereocenters. The van der Waals surface area contributed by atoms with Crippen molar-refractivity contribution in [3.05, 3.63) is 57.5 Å². The summed E-state index contributed by atoms with van der Waals surface area (Å²) in [6.07, 6.45) is 1.52. The van der Waals surface area contributed by atoms with Gasteiger partial charge in [-0.3, -0.25) is 10.1 Å². The summed E-state index contributed by atoms with van der Waals surface area (Å²) in [6, 6.07) is 5.36. The minimum Gasteiger partial charge on any atom is -0.436 e. The van der Waals surface area contributed by atoms with Crippen LogP contribution in [0.1, 0.15) is 11.1 Å². The molecule has 0 saturated heterocycles. The van der Waals surface area contributed by atoms with E-state index in [4.69, 9.17) is 10.5 Å². The van der Waals surface area contributed by atoms with Gasteiger partial charge in [-0.05, 0) is 18.6 Å². The molecule has 2 N–H and O–H groups in total. The predicted octanol–water partition coefficient (Wildman–Crippen LogP) is 2.69. The molecule has 2 rings (SSSR count). The van der Waals surface area contributed by atoms with E-state index in [-0.39, 0.29) is 17.3 Å². The molecule has 6 nitrogen and oxygen atoms in total. The summed E-state index contributed by atoms with van der Waals surface area (Å²) in [5, 5.41) is 10.7. The normalized spacial score (nSPS) is 10.3. The molecule has 0 saturated carbocycles. The molecular formula is C13H12FN3O3. The molecule has 0 aliphatic rings. The molecule has 1 heterocycles. The SMILES string of the molecule is Cc1cc(Oc2ccc(CN)cn2)c(F)cc1[N+](=O)[O-]. The van der Waals surface area contributed by atoms with Crippen LogP contribution in [0.5, 0.6) is 11.6 Å². The number of aromatic nitrogens is 1. The van der Waals surface area contributed by atoms with Crippen LogP contribution in [0, 0.1) is 22.9 Å². The Kier molecular flexibility index (Phi) is 3.90. The largest absolute Gasteiger partial charge is 0.436 e. The van der Waals surface area contributed by atoms with E-state index in [0.717, 1.165) is 11.6 Å². The Morgan fingerprint density at radius 3 is 2.75 bits per heavy atom. The molecule has 0 aliphatic carbocycles. The lowest BCUT2D eigenvalue weighted by Crippen LogP contribution is -1.99. The van der Waals surface area contributed by atoms with Crippen molar-refractivity contribution in [3.8, 4) is 11.6 Å². The summed E-state index contributed by atoms with van der Waals surface area (Å²) >= 11 is 0. The summed E-state index contributed by atoms with van der Waals surface area (Å²) < 4.78 is 19.0. The highest BCUT2D eigenvalue weighted by Crippen LogP contribution is 2.29. The van der Waals surface area contributed by atoms with Crippen molar-refractivity contribution >= 4 is 5.69 Å². The van der Waals surface area contributed by atoms with Gasteiger partial charge in [0.15, 0.2) is 11.6 Å². The predicted molar refractivity (Wildman–Crippen MR) is 70.0 cm³/mol. The standard InChI is InChI=1S/C13H12FN3O3/c1-8-4-12(10(14)5-11(8)17(18)19)20-13-3-2-9(6-15)7-16-13/h2-5,7H,6,15H2,1H3. The lowest BCUT2D eigenvalue weighted by Gasteiger charge is -2.07. The third kappa shape index (κ3) is 2.89. The van der Waals surface area contributed by atoms with Gasteiger partial charge in [0.2, 0.25) is 5.88 Å². The first-order valence-electron chi connectivity index (χ1n) is 5.78. The maximum absolute atomic E-state index is 13.7. The molecule has 0 radical (unpaired) electrons. The molecule has 7 heteroatoms. The number of nitro groups is 1. The summed E-state index contributed by atoms with van der Waals surface area (Å²) in [4.78, 5) is 14.0. The Labute approximate surface area is 114 Å². The molecule has 2 aromatic rings. The molecule has 0 amide bonds. The second-order valence-electron chi connectivity index (χ2n) is 4.14. The number of aryl methyl sites for hydroxylation is 1. The van der Waals surface area contributed by atoms with Crippen LogP contribution in [0.2, 0.25) is 0 Å². The molecule has 0 spiro atoms. The van der Waals surface area contributed by atoms with Crippen LogP contribution in [0.3, 0.4) is 0 Å². The van der Waals surface area contributed by atoms with Crippen LogP contribution in [0.25, 0.3) is 0 Å². The number of ether oxygens (including phenoxy) is 1. The second kappa shape index (κ2) is 5.62. The van der Waals surface area contributed by atoms with Crippen molar-refractivity contribution in [2.24, 2.45) is 5.73 Å². The minimum atomic E-state index is -0.813. The number of halogens is 1. The first-order valence-corrected chi connectivity index (χ1v) is 5.78. The number of pyridine rings is 1. The molecule has 0 fully saturated rings. The van der Waals surface area contributed by atoms with E-state index >= 15 is 0 Å². The minimum absolute atomic E-state index is 0.110. The first kappa shape index (κ1) is 13.9. The van der Waals surface area contributed by atoms with E-state index in [1.54, 1.807) is 12.1 Å². The van der Waals surface area contributed by atoms with Crippen molar-refractivity contribution < 1.29 is 14.1 Å². The van der Waals surface area contributed by atoms with Crippen LogP contribution in [0.15, 0.2) is 30.5 Å². The third-order valence-electron chi connectivity index (χ3n) is 2.69. The van der Waals surface area contributed by atoms with Gasteiger partial charge in [0.05, 0.1) is 11.0 Å². The number of hydrogen-bond donors (Lipinski definition) is 1. The highest BCUT2D eigenvalue weighted by Gasteiger charge is 2.17. The average molecular weight is 277 g/mol. The molecule has 0 bridgehead atoms. The maximum Gasteiger partial charge on any atom is 0.275 e. The zero-order chi connectivity index (χ0) is 14.7. The lowest BCUT2D eigenvalue weighted by atomic mass is 10.2. The van der Waals surface area contributed by atoms with Gasteiger partial charge < -0.3 is 10.5 Å². The molecule has 0 aliphatic heterocycles. The zero-order valence-electron chi connectivity index (χ0n) is 10.7. The number of nitro benzene ring substituents is 1. The molecule has 20 heavy (non-hydrogen) atoms. The van der Waals surface area contributed by atoms with Gasteiger partial charge in [-0.2, -0.15) is 0 Å². The van der Waals surface area contributed by atoms with E-state index in [0.29, 0.717) is 12.1 Å². The number of benzene rings is 1. The van der Waals surface area contributed by atoms with Gasteiger partial charge >= 0.3 is 0 Å². The molecule has 0 atom stereocenters. The summed E-state index contributed by atoms with van der Waals surface area (Å²) in [5.41, 5.74) is 6.27. The van der Waals surface area contributed by atoms with E-state index < -0.39 is 10.7 Å². The Balaban J connectivity index is 2.29. The zero-order valence-corrected chi connectivity index (χ0v) is 10.7. The van der Waals surface area contributed by atoms with E-state index in [1.165, 1.54) is 19.2 Å². The molecule has 1 aromatic heterocycles. The fraction of sp³-hybridized carbons (Fsp3) is 0.154. The number of nitrogens with zero attached hydrogens (tertiary/aromatic N) is 2.